The molecule has 0 aliphatic carbocycles. The largest absolute Gasteiger partial charge is 0.490 e. The molecule has 1 saturated heterocycles. The third-order valence-corrected chi connectivity index (χ3v) is 5.34. The minimum absolute atomic E-state index is 0.00282. The molecule has 3 rings (SSSR count). The molecule has 0 atom stereocenters. The number of carbonyl (C=O) groups is 2. The van der Waals surface area contributed by atoms with E-state index in [2.05, 4.69) is 15.6 Å². The lowest BCUT2D eigenvalue weighted by Crippen LogP contribution is -2.34. The molecule has 150 valence electrons. The Hall–Kier alpha value is -2.18. The first-order chi connectivity index (χ1) is 13.3. The molecule has 28 heavy (non-hydrogen) atoms. The second-order valence-electron chi connectivity index (χ2n) is 7.34. The van der Waals surface area contributed by atoms with E-state index in [1.54, 1.807) is 19.1 Å². The first kappa shape index (κ1) is 20.6. The Labute approximate surface area is 170 Å². The van der Waals surface area contributed by atoms with E-state index in [1.807, 2.05) is 13.8 Å². The lowest BCUT2D eigenvalue weighted by Gasteiger charge is -2.25. The first-order valence-electron chi connectivity index (χ1n) is 9.58. The van der Waals surface area contributed by atoms with Gasteiger partial charge in [0.1, 0.15) is 11.9 Å². The van der Waals surface area contributed by atoms with Gasteiger partial charge in [0.15, 0.2) is 5.78 Å². The summed E-state index contributed by atoms with van der Waals surface area (Å²) in [6, 6.07) is 3.39. The van der Waals surface area contributed by atoms with Crippen molar-refractivity contribution in [3.05, 3.63) is 39.6 Å². The number of hydrogen-bond acceptors (Lipinski definition) is 5. The summed E-state index contributed by atoms with van der Waals surface area (Å²) in [4.78, 5) is 29.4. The Morgan fingerprint density at radius 2 is 2.00 bits per heavy atom. The summed E-state index contributed by atoms with van der Waals surface area (Å²) in [5.41, 5.74) is 3.20. The molecule has 2 heterocycles. The Morgan fingerprint density at radius 1 is 1.29 bits per heavy atom. The Bertz CT molecular complexity index is 855. The highest BCUT2D eigenvalue weighted by Gasteiger charge is 2.22. The number of Topliss-reactive ketones (excluding diaryl/α,β-unsaturated/α-hetero) is 1. The molecule has 0 saturated carbocycles. The van der Waals surface area contributed by atoms with Gasteiger partial charge in [-0.25, -0.2) is 0 Å². The first-order valence-corrected chi connectivity index (χ1v) is 9.95. The minimum atomic E-state index is -0.283. The standard InChI is InChI=1S/C21H26ClN3O3/c1-12-8-19(26)18(14(3)25-12)11-24-21(27)17-9-15(22)10-20(13(17)2)28-16-4-6-23-7-5-16/h9-10,16,23H,4-8,11H2,1-3H3,(H,24,27). The number of allylic oxidation sites excluding steroid dienone is 1. The minimum Gasteiger partial charge on any atom is -0.490 e. The fraction of sp³-hybridized carbons (Fsp3) is 0.476. The lowest BCUT2D eigenvalue weighted by atomic mass is 10.0. The maximum atomic E-state index is 12.8. The molecule has 0 radical (unpaired) electrons. The molecule has 2 aliphatic heterocycles. The molecule has 0 unspecified atom stereocenters. The summed E-state index contributed by atoms with van der Waals surface area (Å²) in [6.45, 7) is 7.46. The monoisotopic (exact) mass is 403 g/mol. The molecule has 2 aliphatic rings. The molecule has 0 spiro atoms. The number of ether oxygens (including phenoxy) is 1. The van der Waals surface area contributed by atoms with Crippen molar-refractivity contribution in [1.29, 1.82) is 0 Å². The van der Waals surface area contributed by atoms with Crippen molar-refractivity contribution in [2.24, 2.45) is 4.99 Å². The predicted molar refractivity (Wildman–Crippen MR) is 110 cm³/mol. The fourth-order valence-electron chi connectivity index (χ4n) is 3.53. The normalized spacial score (nSPS) is 18.1. The zero-order valence-electron chi connectivity index (χ0n) is 16.5. The van der Waals surface area contributed by atoms with Crippen molar-refractivity contribution in [2.45, 2.75) is 46.1 Å². The van der Waals surface area contributed by atoms with Gasteiger partial charge < -0.3 is 15.4 Å². The van der Waals surface area contributed by atoms with Gasteiger partial charge in [-0.2, -0.15) is 0 Å². The maximum absolute atomic E-state index is 12.8. The van der Waals surface area contributed by atoms with Crippen molar-refractivity contribution >= 4 is 29.0 Å². The molecule has 1 aromatic rings. The number of piperidine rings is 1. The smallest absolute Gasteiger partial charge is 0.252 e. The van der Waals surface area contributed by atoms with Crippen molar-refractivity contribution in [1.82, 2.24) is 10.6 Å². The van der Waals surface area contributed by atoms with Gasteiger partial charge in [0.25, 0.3) is 5.91 Å². The van der Waals surface area contributed by atoms with E-state index in [1.165, 1.54) is 0 Å². The van der Waals surface area contributed by atoms with Crippen molar-refractivity contribution < 1.29 is 14.3 Å². The summed E-state index contributed by atoms with van der Waals surface area (Å²) in [6.07, 6.45) is 2.25. The highest BCUT2D eigenvalue weighted by atomic mass is 35.5. The number of rotatable bonds is 5. The molecule has 1 amide bonds. The van der Waals surface area contributed by atoms with Crippen LogP contribution in [0.4, 0.5) is 0 Å². The Balaban J connectivity index is 1.74. The average Bonchev–Trinajstić information content (AvgIpc) is 2.64. The number of halogens is 1. The molecule has 0 aromatic heterocycles. The molecular formula is C21H26ClN3O3. The third kappa shape index (κ3) is 4.80. The van der Waals surface area contributed by atoms with E-state index in [0.717, 1.165) is 37.2 Å². The Kier molecular flexibility index (Phi) is 6.52. The fourth-order valence-corrected chi connectivity index (χ4v) is 3.74. The van der Waals surface area contributed by atoms with Crippen LogP contribution in [0.25, 0.3) is 0 Å². The zero-order valence-corrected chi connectivity index (χ0v) is 17.3. The molecule has 7 heteroatoms. The van der Waals surface area contributed by atoms with Crippen LogP contribution in [0.15, 0.2) is 28.4 Å². The second kappa shape index (κ2) is 8.88. The Morgan fingerprint density at radius 3 is 2.68 bits per heavy atom. The van der Waals surface area contributed by atoms with Crippen LogP contribution in [0.5, 0.6) is 5.75 Å². The summed E-state index contributed by atoms with van der Waals surface area (Å²) in [7, 11) is 0. The van der Waals surface area contributed by atoms with Gasteiger partial charge in [-0.3, -0.25) is 14.6 Å². The summed E-state index contributed by atoms with van der Waals surface area (Å²) in [5.74, 6) is 0.353. The molecular weight excluding hydrogens is 378 g/mol. The van der Waals surface area contributed by atoms with Gasteiger partial charge in [0.2, 0.25) is 0 Å². The van der Waals surface area contributed by atoms with Gasteiger partial charge in [0.05, 0.1) is 0 Å². The van der Waals surface area contributed by atoms with Crippen LogP contribution in [0.1, 0.15) is 49.0 Å². The molecule has 1 fully saturated rings. The number of hydrogen-bond donors (Lipinski definition) is 2. The van der Waals surface area contributed by atoms with Gasteiger partial charge >= 0.3 is 0 Å². The molecule has 2 N–H and O–H groups in total. The van der Waals surface area contributed by atoms with E-state index in [9.17, 15) is 9.59 Å². The van der Waals surface area contributed by atoms with Crippen LogP contribution in [0, 0.1) is 6.92 Å². The summed E-state index contributed by atoms with van der Waals surface area (Å²) < 4.78 is 6.11. The van der Waals surface area contributed by atoms with E-state index in [-0.39, 0.29) is 24.3 Å². The lowest BCUT2D eigenvalue weighted by molar-refractivity contribution is -0.114. The van der Waals surface area contributed by atoms with Crippen LogP contribution >= 0.6 is 11.6 Å². The van der Waals surface area contributed by atoms with Gasteiger partial charge in [0, 0.05) is 46.1 Å². The highest BCUT2D eigenvalue weighted by molar-refractivity contribution is 6.31. The molecule has 0 bridgehead atoms. The zero-order chi connectivity index (χ0) is 20.3. The topological polar surface area (TPSA) is 79.8 Å². The van der Waals surface area contributed by atoms with Crippen LogP contribution in [-0.4, -0.2) is 43.1 Å². The summed E-state index contributed by atoms with van der Waals surface area (Å²) in [5, 5.41) is 6.58. The van der Waals surface area contributed by atoms with Gasteiger partial charge in [-0.05, 0) is 58.8 Å². The quantitative estimate of drug-likeness (QED) is 0.791. The van der Waals surface area contributed by atoms with Crippen molar-refractivity contribution in [3.8, 4) is 5.75 Å². The van der Waals surface area contributed by atoms with Gasteiger partial charge in [-0.15, -0.1) is 0 Å². The SMILES string of the molecule is CC1=NC(C)=C(CNC(=O)c2cc(Cl)cc(OC3CCNCC3)c2C)C(=O)C1. The van der Waals surface area contributed by atoms with Crippen molar-refractivity contribution in [3.63, 3.8) is 0 Å². The number of ketones is 1. The average molecular weight is 404 g/mol. The third-order valence-electron chi connectivity index (χ3n) is 5.12. The van der Waals surface area contributed by atoms with Crippen LogP contribution in [-0.2, 0) is 4.79 Å². The van der Waals surface area contributed by atoms with Crippen LogP contribution in [0.2, 0.25) is 5.02 Å². The second-order valence-corrected chi connectivity index (χ2v) is 7.77. The van der Waals surface area contributed by atoms with E-state index in [0.29, 0.717) is 34.0 Å². The predicted octanol–water partition coefficient (Wildman–Crippen LogP) is 3.22. The molecule has 6 nitrogen and oxygen atoms in total. The van der Waals surface area contributed by atoms with Gasteiger partial charge in [-0.1, -0.05) is 11.6 Å². The van der Waals surface area contributed by atoms with Crippen LogP contribution < -0.4 is 15.4 Å². The number of amides is 1. The summed E-state index contributed by atoms with van der Waals surface area (Å²) >= 11 is 6.24. The van der Waals surface area contributed by atoms with E-state index < -0.39 is 0 Å². The highest BCUT2D eigenvalue weighted by Crippen LogP contribution is 2.29. The number of nitrogens with one attached hydrogen (secondary N) is 2. The number of carbonyl (C=O) groups excluding carboxylic acids is 2. The van der Waals surface area contributed by atoms with E-state index >= 15 is 0 Å². The van der Waals surface area contributed by atoms with E-state index in [4.69, 9.17) is 16.3 Å². The molecule has 1 aromatic carbocycles. The number of aliphatic imine (C=N–C) groups is 1. The van der Waals surface area contributed by atoms with Crippen molar-refractivity contribution in [2.75, 3.05) is 19.6 Å². The maximum Gasteiger partial charge on any atom is 0.252 e. The number of nitrogens with zero attached hydrogens (tertiary/aromatic N) is 1. The van der Waals surface area contributed by atoms with Crippen LogP contribution in [0.3, 0.4) is 0 Å². The number of benzene rings is 1.